The fourth-order valence-corrected chi connectivity index (χ4v) is 3.80. The molecule has 1 aromatic carbocycles. The first kappa shape index (κ1) is 19.0. The van der Waals surface area contributed by atoms with E-state index in [2.05, 4.69) is 36.3 Å². The Hall–Kier alpha value is -2.33. The van der Waals surface area contributed by atoms with E-state index < -0.39 is 0 Å². The van der Waals surface area contributed by atoms with Crippen molar-refractivity contribution in [2.75, 3.05) is 24.8 Å². The molecule has 1 N–H and O–H groups in total. The summed E-state index contributed by atoms with van der Waals surface area (Å²) in [7, 11) is 0. The number of benzene rings is 1. The van der Waals surface area contributed by atoms with Gasteiger partial charge in [-0.25, -0.2) is 9.50 Å². The Morgan fingerprint density at radius 2 is 1.96 bits per heavy atom. The van der Waals surface area contributed by atoms with Gasteiger partial charge < -0.3 is 14.8 Å². The van der Waals surface area contributed by atoms with Gasteiger partial charge in [0.1, 0.15) is 13.2 Å². The van der Waals surface area contributed by atoms with Crippen LogP contribution < -0.4 is 14.8 Å². The van der Waals surface area contributed by atoms with E-state index in [0.29, 0.717) is 41.3 Å². The largest absolute Gasteiger partial charge is 0.486 e. The predicted octanol–water partition coefficient (Wildman–Crippen LogP) is 3.18. The molecule has 4 rings (SSSR count). The van der Waals surface area contributed by atoms with E-state index in [4.69, 9.17) is 9.47 Å². The number of ether oxygens (including phenoxy) is 2. The van der Waals surface area contributed by atoms with E-state index in [9.17, 15) is 4.79 Å². The number of amides is 1. The van der Waals surface area contributed by atoms with Crippen LogP contribution in [0, 0.1) is 13.8 Å². The molecule has 0 saturated heterocycles. The van der Waals surface area contributed by atoms with Gasteiger partial charge in [0, 0.05) is 33.6 Å². The number of hydrogen-bond acceptors (Lipinski definition) is 7. The summed E-state index contributed by atoms with van der Waals surface area (Å²) in [5.41, 5.74) is 3.08. The van der Waals surface area contributed by atoms with Gasteiger partial charge in [-0.1, -0.05) is 11.8 Å². The zero-order valence-electron chi connectivity index (χ0n) is 15.6. The molecule has 1 aliphatic rings. The molecular formula is C18H18BrN5O3S. The fourth-order valence-electron chi connectivity index (χ4n) is 3.05. The smallest absolute Gasteiger partial charge is 0.253 e. The van der Waals surface area contributed by atoms with Crippen molar-refractivity contribution in [3.8, 4) is 11.5 Å². The molecule has 1 aliphatic heterocycles. The molecule has 0 saturated carbocycles. The number of nitrogens with one attached hydrogen (secondary N) is 1. The first-order chi connectivity index (χ1) is 13.5. The van der Waals surface area contributed by atoms with E-state index in [1.165, 1.54) is 11.8 Å². The average Bonchev–Trinajstić information content (AvgIpc) is 3.09. The summed E-state index contributed by atoms with van der Waals surface area (Å²) in [6, 6.07) is 3.56. The van der Waals surface area contributed by atoms with E-state index in [1.807, 2.05) is 20.1 Å². The van der Waals surface area contributed by atoms with E-state index in [1.54, 1.807) is 16.6 Å². The molecule has 0 atom stereocenters. The van der Waals surface area contributed by atoms with E-state index in [-0.39, 0.29) is 12.3 Å². The Kier molecular flexibility index (Phi) is 5.15. The lowest BCUT2D eigenvalue weighted by atomic mass is 10.1. The molecule has 146 valence electrons. The van der Waals surface area contributed by atoms with Crippen molar-refractivity contribution < 1.29 is 14.3 Å². The molecule has 3 heterocycles. The zero-order chi connectivity index (χ0) is 19.8. The zero-order valence-corrected chi connectivity index (χ0v) is 18.0. The topological polar surface area (TPSA) is 90.6 Å². The van der Waals surface area contributed by atoms with Crippen LogP contribution in [0.2, 0.25) is 0 Å². The summed E-state index contributed by atoms with van der Waals surface area (Å²) in [6.07, 6.45) is 2.09. The molecule has 10 heteroatoms. The molecule has 28 heavy (non-hydrogen) atoms. The molecule has 8 nitrogen and oxygen atoms in total. The number of aryl methyl sites for hydroxylation is 2. The van der Waals surface area contributed by atoms with Crippen molar-refractivity contribution in [2.24, 2.45) is 0 Å². The summed E-state index contributed by atoms with van der Waals surface area (Å²) in [4.78, 5) is 21.6. The first-order valence-electron chi connectivity index (χ1n) is 8.62. The molecule has 0 spiro atoms. The maximum atomic E-state index is 12.7. The molecule has 0 unspecified atom stereocenters. The molecular weight excluding hydrogens is 446 g/mol. The maximum absolute atomic E-state index is 12.7. The molecule has 0 fully saturated rings. The monoisotopic (exact) mass is 463 g/mol. The number of thioether (sulfide) groups is 1. The Morgan fingerprint density at radius 3 is 2.68 bits per heavy atom. The van der Waals surface area contributed by atoms with Crippen LogP contribution in [-0.4, -0.2) is 45.0 Å². The number of fused-ring (bicyclic) bond motifs is 2. The highest BCUT2D eigenvalue weighted by Gasteiger charge is 2.19. The fraction of sp³-hybridized carbons (Fsp3) is 0.333. The van der Waals surface area contributed by atoms with Gasteiger partial charge in [-0.05, 0) is 36.0 Å². The first-order valence-corrected chi connectivity index (χ1v) is 10.6. The second kappa shape index (κ2) is 7.59. The van der Waals surface area contributed by atoms with E-state index in [0.717, 1.165) is 21.4 Å². The number of rotatable bonds is 4. The standard InChI is InChI=1S/C18H18BrN5O3S/c1-9-11(10(2)24-17(20-9)22-18(23-24)28-3)6-16(25)21-13-8-15-14(7-12(13)19)26-4-5-27-15/h7-8H,4-6H2,1-3H3,(H,21,25). The van der Waals surface area contributed by atoms with Crippen molar-refractivity contribution in [2.45, 2.75) is 25.4 Å². The van der Waals surface area contributed by atoms with Crippen LogP contribution >= 0.6 is 27.7 Å². The third-order valence-corrected chi connectivity index (χ3v) is 5.65. The third kappa shape index (κ3) is 3.53. The quantitative estimate of drug-likeness (QED) is 0.594. The van der Waals surface area contributed by atoms with Crippen molar-refractivity contribution >= 4 is 45.1 Å². The van der Waals surface area contributed by atoms with Crippen molar-refractivity contribution in [3.63, 3.8) is 0 Å². The average molecular weight is 464 g/mol. The number of aromatic nitrogens is 4. The summed E-state index contributed by atoms with van der Waals surface area (Å²) in [6.45, 7) is 4.80. The van der Waals surface area contributed by atoms with Crippen LogP contribution in [0.1, 0.15) is 17.0 Å². The molecule has 0 radical (unpaired) electrons. The molecule has 1 amide bonds. The van der Waals surface area contributed by atoms with Crippen molar-refractivity contribution in [1.82, 2.24) is 19.6 Å². The van der Waals surface area contributed by atoms with E-state index >= 15 is 0 Å². The van der Waals surface area contributed by atoms with Crippen LogP contribution in [0.3, 0.4) is 0 Å². The SMILES string of the molecule is CSc1nc2nc(C)c(CC(=O)Nc3cc4c(cc3Br)OCCO4)c(C)n2n1. The summed E-state index contributed by atoms with van der Waals surface area (Å²) >= 11 is 4.93. The lowest BCUT2D eigenvalue weighted by Crippen LogP contribution is -2.19. The van der Waals surface area contributed by atoms with Crippen LogP contribution in [0.4, 0.5) is 5.69 Å². The van der Waals surface area contributed by atoms with Crippen molar-refractivity contribution in [3.05, 3.63) is 33.6 Å². The lowest BCUT2D eigenvalue weighted by Gasteiger charge is -2.20. The number of carbonyl (C=O) groups excluding carboxylic acids is 1. The molecule has 0 bridgehead atoms. The number of anilines is 1. The Balaban J connectivity index is 1.59. The van der Waals surface area contributed by atoms with Gasteiger partial charge in [0.05, 0.1) is 12.1 Å². The predicted molar refractivity (Wildman–Crippen MR) is 110 cm³/mol. The summed E-state index contributed by atoms with van der Waals surface area (Å²) < 4.78 is 13.6. The minimum absolute atomic E-state index is 0.157. The molecule has 2 aromatic heterocycles. The minimum Gasteiger partial charge on any atom is -0.486 e. The van der Waals surface area contributed by atoms with Gasteiger partial charge in [-0.3, -0.25) is 4.79 Å². The van der Waals surface area contributed by atoms with Crippen LogP contribution in [0.5, 0.6) is 11.5 Å². The molecule has 0 aliphatic carbocycles. The number of nitrogens with zero attached hydrogens (tertiary/aromatic N) is 4. The highest BCUT2D eigenvalue weighted by Crippen LogP contribution is 2.38. The summed E-state index contributed by atoms with van der Waals surface area (Å²) in [5, 5.41) is 8.00. The highest BCUT2D eigenvalue weighted by atomic mass is 79.9. The Labute approximate surface area is 174 Å². The minimum atomic E-state index is -0.157. The maximum Gasteiger partial charge on any atom is 0.253 e. The molecule has 3 aromatic rings. The Bertz CT molecular complexity index is 1090. The number of hydrogen-bond donors (Lipinski definition) is 1. The number of carbonyl (C=O) groups is 1. The van der Waals surface area contributed by atoms with Crippen LogP contribution in [0.15, 0.2) is 21.8 Å². The lowest BCUT2D eigenvalue weighted by molar-refractivity contribution is -0.115. The Morgan fingerprint density at radius 1 is 1.25 bits per heavy atom. The van der Waals surface area contributed by atoms with Crippen LogP contribution in [0.25, 0.3) is 5.78 Å². The van der Waals surface area contributed by atoms with Gasteiger partial charge in [0.25, 0.3) is 5.78 Å². The van der Waals surface area contributed by atoms with Crippen molar-refractivity contribution in [1.29, 1.82) is 0 Å². The van der Waals surface area contributed by atoms with Crippen LogP contribution in [-0.2, 0) is 11.2 Å². The van der Waals surface area contributed by atoms with Gasteiger partial charge in [0.15, 0.2) is 11.5 Å². The third-order valence-electron chi connectivity index (χ3n) is 4.46. The highest BCUT2D eigenvalue weighted by molar-refractivity contribution is 9.10. The van der Waals surface area contributed by atoms with Gasteiger partial charge in [0.2, 0.25) is 11.1 Å². The van der Waals surface area contributed by atoms with Gasteiger partial charge >= 0.3 is 0 Å². The second-order valence-electron chi connectivity index (χ2n) is 6.27. The second-order valence-corrected chi connectivity index (χ2v) is 7.90. The van der Waals surface area contributed by atoms with Gasteiger partial charge in [-0.15, -0.1) is 5.10 Å². The summed E-state index contributed by atoms with van der Waals surface area (Å²) in [5.74, 6) is 1.66. The van der Waals surface area contributed by atoms with Gasteiger partial charge in [-0.2, -0.15) is 4.98 Å². The number of halogens is 1. The normalized spacial score (nSPS) is 13.0.